The second-order valence-corrected chi connectivity index (χ2v) is 9.02. The van der Waals surface area contributed by atoms with Crippen molar-refractivity contribution in [3.05, 3.63) is 28.2 Å². The van der Waals surface area contributed by atoms with Crippen molar-refractivity contribution < 1.29 is 13.9 Å². The Hall–Kier alpha value is -1.63. The summed E-state index contributed by atoms with van der Waals surface area (Å²) in [4.78, 5) is 16.6. The van der Waals surface area contributed by atoms with Crippen LogP contribution in [0.4, 0.5) is 9.18 Å². The van der Waals surface area contributed by atoms with Crippen LogP contribution in [-0.2, 0) is 10.3 Å². The lowest BCUT2D eigenvalue weighted by Crippen LogP contribution is -2.36. The van der Waals surface area contributed by atoms with Crippen molar-refractivity contribution in [2.45, 2.75) is 65.6 Å². The molecule has 25 heavy (non-hydrogen) atoms. The molecule has 138 valence electrons. The summed E-state index contributed by atoms with van der Waals surface area (Å²) < 4.78 is 22.2. The Bertz CT molecular complexity index is 803. The number of halogens is 2. The summed E-state index contributed by atoms with van der Waals surface area (Å²) in [5, 5.41) is 2.78. The number of imidazole rings is 1. The molecule has 0 spiro atoms. The number of ether oxygens (including phenoxy) is 1. The van der Waals surface area contributed by atoms with E-state index in [2.05, 4.69) is 26.2 Å². The zero-order chi connectivity index (χ0) is 19.2. The highest BCUT2D eigenvalue weighted by molar-refractivity contribution is 9.10. The number of hydrogen-bond acceptors (Lipinski definition) is 3. The second kappa shape index (κ2) is 6.59. The first-order chi connectivity index (χ1) is 11.3. The molecule has 0 aliphatic rings. The van der Waals surface area contributed by atoms with Gasteiger partial charge in [0.2, 0.25) is 0 Å². The van der Waals surface area contributed by atoms with Crippen LogP contribution in [0, 0.1) is 5.82 Å². The van der Waals surface area contributed by atoms with E-state index in [9.17, 15) is 9.18 Å². The molecule has 0 saturated carbocycles. The summed E-state index contributed by atoms with van der Waals surface area (Å²) in [6.45, 7) is 13.2. The van der Waals surface area contributed by atoms with Gasteiger partial charge in [0.1, 0.15) is 16.9 Å². The first-order valence-corrected chi connectivity index (χ1v) is 8.96. The van der Waals surface area contributed by atoms with Gasteiger partial charge in [-0.2, -0.15) is 0 Å². The largest absolute Gasteiger partial charge is 0.444 e. The zero-order valence-corrected chi connectivity index (χ0v) is 17.3. The standard InChI is InChI=1S/C18H25BrFN3O2/c1-10(21-16(24)25-18(5,6)7)15-22-14-12(20)8-11(19)9-13(14)23(15)17(2,3)4/h8-10H,1-7H3,(H,21,24)/t10-/m1/s1. The molecule has 0 bridgehead atoms. The average Bonchev–Trinajstić information content (AvgIpc) is 2.75. The number of carbonyl (C=O) groups is 1. The van der Waals surface area contributed by atoms with E-state index in [0.29, 0.717) is 15.8 Å². The first kappa shape index (κ1) is 19.7. The number of alkyl carbamates (subject to hydrolysis) is 1. The van der Waals surface area contributed by atoms with Crippen molar-refractivity contribution in [1.82, 2.24) is 14.9 Å². The van der Waals surface area contributed by atoms with Gasteiger partial charge < -0.3 is 14.6 Å². The molecule has 1 heterocycles. The predicted octanol–water partition coefficient (Wildman–Crippen LogP) is 5.28. The number of amides is 1. The molecular formula is C18H25BrFN3O2. The highest BCUT2D eigenvalue weighted by Crippen LogP contribution is 2.31. The van der Waals surface area contributed by atoms with Gasteiger partial charge in [0.05, 0.1) is 11.6 Å². The lowest BCUT2D eigenvalue weighted by atomic mass is 10.1. The molecule has 0 saturated heterocycles. The minimum Gasteiger partial charge on any atom is -0.444 e. The van der Waals surface area contributed by atoms with E-state index in [0.717, 1.165) is 0 Å². The van der Waals surface area contributed by atoms with Crippen LogP contribution in [0.5, 0.6) is 0 Å². The highest BCUT2D eigenvalue weighted by atomic mass is 79.9. The maximum Gasteiger partial charge on any atom is 0.408 e. The third-order valence-electron chi connectivity index (χ3n) is 3.50. The predicted molar refractivity (Wildman–Crippen MR) is 100 cm³/mol. The Morgan fingerprint density at radius 3 is 2.40 bits per heavy atom. The summed E-state index contributed by atoms with van der Waals surface area (Å²) in [6.07, 6.45) is -0.533. The molecule has 0 fully saturated rings. The van der Waals surface area contributed by atoms with Crippen molar-refractivity contribution >= 4 is 33.1 Å². The Balaban J connectivity index is 2.50. The number of nitrogens with one attached hydrogen (secondary N) is 1. The lowest BCUT2D eigenvalue weighted by molar-refractivity contribution is 0.0504. The fourth-order valence-electron chi connectivity index (χ4n) is 2.67. The molecule has 2 rings (SSSR count). The van der Waals surface area contributed by atoms with Crippen molar-refractivity contribution in [1.29, 1.82) is 0 Å². The lowest BCUT2D eigenvalue weighted by Gasteiger charge is -2.27. The molecule has 1 N–H and O–H groups in total. The van der Waals surface area contributed by atoms with Crippen molar-refractivity contribution in [3.63, 3.8) is 0 Å². The average molecular weight is 414 g/mol. The molecule has 0 radical (unpaired) electrons. The molecule has 0 aliphatic carbocycles. The van der Waals surface area contributed by atoms with Gasteiger partial charge in [-0.3, -0.25) is 0 Å². The summed E-state index contributed by atoms with van der Waals surface area (Å²) in [5.41, 5.74) is 0.0183. The van der Waals surface area contributed by atoms with Gasteiger partial charge in [0, 0.05) is 10.0 Å². The van der Waals surface area contributed by atoms with E-state index in [1.807, 2.05) is 31.4 Å². The van der Waals surface area contributed by atoms with Gasteiger partial charge in [-0.05, 0) is 60.6 Å². The molecule has 2 aromatic rings. The van der Waals surface area contributed by atoms with Crippen molar-refractivity contribution in [2.24, 2.45) is 0 Å². The number of hydrogen-bond donors (Lipinski definition) is 1. The maximum atomic E-state index is 14.4. The van der Waals surface area contributed by atoms with Gasteiger partial charge in [0.15, 0.2) is 5.82 Å². The van der Waals surface area contributed by atoms with Crippen LogP contribution in [-0.4, -0.2) is 21.2 Å². The van der Waals surface area contributed by atoms with Crippen LogP contribution in [0.3, 0.4) is 0 Å². The maximum absolute atomic E-state index is 14.4. The van der Waals surface area contributed by atoms with Crippen molar-refractivity contribution in [3.8, 4) is 0 Å². The Labute approximate surface area is 156 Å². The summed E-state index contributed by atoms with van der Waals surface area (Å²) in [6, 6.07) is 2.78. The van der Waals surface area contributed by atoms with Crippen LogP contribution in [0.15, 0.2) is 16.6 Å². The van der Waals surface area contributed by atoms with E-state index in [-0.39, 0.29) is 11.1 Å². The SMILES string of the molecule is C[C@@H](NC(=O)OC(C)(C)C)c1nc2c(F)cc(Br)cc2n1C(C)(C)C. The second-order valence-electron chi connectivity index (χ2n) is 8.10. The molecule has 1 aromatic heterocycles. The topological polar surface area (TPSA) is 56.1 Å². The van der Waals surface area contributed by atoms with Crippen LogP contribution in [0.1, 0.15) is 60.3 Å². The Morgan fingerprint density at radius 2 is 1.88 bits per heavy atom. The van der Waals surface area contributed by atoms with Gasteiger partial charge in [-0.15, -0.1) is 0 Å². The third-order valence-corrected chi connectivity index (χ3v) is 3.95. The van der Waals surface area contributed by atoms with Crippen LogP contribution < -0.4 is 5.32 Å². The monoisotopic (exact) mass is 413 g/mol. The number of fused-ring (bicyclic) bond motifs is 1. The normalized spacial score (nSPS) is 13.8. The van der Waals surface area contributed by atoms with Gasteiger partial charge in [0.25, 0.3) is 0 Å². The number of nitrogens with zero attached hydrogens (tertiary/aromatic N) is 2. The van der Waals surface area contributed by atoms with Gasteiger partial charge in [-0.25, -0.2) is 14.2 Å². The third kappa shape index (κ3) is 4.51. The molecule has 0 unspecified atom stereocenters. The Kier molecular flexibility index (Phi) is 5.19. The number of rotatable bonds is 2. The van der Waals surface area contributed by atoms with E-state index in [1.54, 1.807) is 27.7 Å². The smallest absolute Gasteiger partial charge is 0.408 e. The zero-order valence-electron chi connectivity index (χ0n) is 15.7. The summed E-state index contributed by atoms with van der Waals surface area (Å²) >= 11 is 3.33. The fourth-order valence-corrected chi connectivity index (χ4v) is 3.08. The minimum absolute atomic E-state index is 0.283. The number of aromatic nitrogens is 2. The van der Waals surface area contributed by atoms with E-state index < -0.39 is 23.6 Å². The molecule has 1 amide bonds. The quantitative estimate of drug-likeness (QED) is 0.728. The first-order valence-electron chi connectivity index (χ1n) is 8.17. The van der Waals surface area contributed by atoms with Crippen LogP contribution in [0.2, 0.25) is 0 Å². The molecular weight excluding hydrogens is 389 g/mol. The van der Waals surface area contributed by atoms with Gasteiger partial charge >= 0.3 is 6.09 Å². The van der Waals surface area contributed by atoms with E-state index in [4.69, 9.17) is 4.74 Å². The van der Waals surface area contributed by atoms with Crippen LogP contribution in [0.25, 0.3) is 11.0 Å². The molecule has 0 aliphatic heterocycles. The summed E-state index contributed by atoms with van der Waals surface area (Å²) in [7, 11) is 0. The van der Waals surface area contributed by atoms with E-state index in [1.165, 1.54) is 6.07 Å². The van der Waals surface area contributed by atoms with Gasteiger partial charge in [-0.1, -0.05) is 15.9 Å². The fraction of sp³-hybridized carbons (Fsp3) is 0.556. The molecule has 5 nitrogen and oxygen atoms in total. The summed E-state index contributed by atoms with van der Waals surface area (Å²) in [5.74, 6) is 0.170. The minimum atomic E-state index is -0.592. The highest BCUT2D eigenvalue weighted by Gasteiger charge is 2.28. The Morgan fingerprint density at radius 1 is 1.28 bits per heavy atom. The van der Waals surface area contributed by atoms with E-state index >= 15 is 0 Å². The number of benzene rings is 1. The molecule has 1 atom stereocenters. The number of carbonyl (C=O) groups excluding carboxylic acids is 1. The van der Waals surface area contributed by atoms with Crippen LogP contribution >= 0.6 is 15.9 Å². The molecule has 7 heteroatoms. The molecule has 1 aromatic carbocycles. The van der Waals surface area contributed by atoms with Crippen molar-refractivity contribution in [2.75, 3.05) is 0 Å².